The third-order valence-corrected chi connectivity index (χ3v) is 1.98. The number of aliphatic hydroxyl groups excluding tert-OH is 2. The highest BCUT2D eigenvalue weighted by Crippen LogP contribution is 2.18. The summed E-state index contributed by atoms with van der Waals surface area (Å²) >= 11 is 0. The van der Waals surface area contributed by atoms with Gasteiger partial charge in [-0.25, -0.2) is 0 Å². The number of carbonyl (C=O) groups excluding carboxylic acids is 2. The van der Waals surface area contributed by atoms with Crippen LogP contribution in [0.4, 0.5) is 0 Å². The minimum absolute atomic E-state index is 0.171. The van der Waals surface area contributed by atoms with Crippen molar-refractivity contribution >= 4 is 11.6 Å². The third-order valence-electron chi connectivity index (χ3n) is 1.98. The van der Waals surface area contributed by atoms with Gasteiger partial charge in [-0.2, -0.15) is 0 Å². The fourth-order valence-electron chi connectivity index (χ4n) is 1.16. The lowest BCUT2D eigenvalue weighted by molar-refractivity contribution is -0.131. The van der Waals surface area contributed by atoms with Crippen LogP contribution in [0.1, 0.15) is 19.8 Å². The van der Waals surface area contributed by atoms with Crippen molar-refractivity contribution in [3.63, 3.8) is 0 Å². The maximum atomic E-state index is 11.0. The lowest BCUT2D eigenvalue weighted by Crippen LogP contribution is -2.15. The summed E-state index contributed by atoms with van der Waals surface area (Å²) in [6.45, 7) is 1.62. The summed E-state index contributed by atoms with van der Waals surface area (Å²) in [5.74, 6) is -1.50. The van der Waals surface area contributed by atoms with Crippen LogP contribution in [0.5, 0.6) is 0 Å². The van der Waals surface area contributed by atoms with E-state index in [0.717, 1.165) is 12.2 Å². The van der Waals surface area contributed by atoms with Crippen LogP contribution in [0.2, 0.25) is 0 Å². The van der Waals surface area contributed by atoms with E-state index in [4.69, 9.17) is 5.11 Å². The summed E-state index contributed by atoms with van der Waals surface area (Å²) in [6, 6.07) is 0. The zero-order valence-electron chi connectivity index (χ0n) is 7.86. The molecule has 1 unspecified atom stereocenters. The lowest BCUT2D eigenvalue weighted by atomic mass is 9.98. The molecule has 0 aromatic rings. The van der Waals surface area contributed by atoms with Crippen LogP contribution < -0.4 is 0 Å². The Hall–Kier alpha value is -1.42. The Morgan fingerprint density at radius 2 is 1.86 bits per heavy atom. The van der Waals surface area contributed by atoms with E-state index in [1.54, 1.807) is 6.92 Å². The average Bonchev–Trinajstić information content (AvgIpc) is 2.09. The molecule has 0 spiro atoms. The second-order valence-electron chi connectivity index (χ2n) is 3.32. The molecule has 0 radical (unpaired) electrons. The summed E-state index contributed by atoms with van der Waals surface area (Å²) in [5.41, 5.74) is 0.413. The van der Waals surface area contributed by atoms with Crippen LogP contribution in [0.3, 0.4) is 0 Å². The maximum Gasteiger partial charge on any atom is 0.229 e. The molecule has 0 heterocycles. The van der Waals surface area contributed by atoms with Gasteiger partial charge in [-0.15, -0.1) is 0 Å². The van der Waals surface area contributed by atoms with E-state index in [1.165, 1.54) is 0 Å². The van der Waals surface area contributed by atoms with Gasteiger partial charge in [0.1, 0.15) is 5.76 Å². The Morgan fingerprint density at radius 3 is 2.43 bits per heavy atom. The standard InChI is InChI=1S/C10H12O4/c1-6(11)2-3-7-4-9(13)10(14)5-8(7)12/h4-6,11-12H,2-3H2,1H3. The van der Waals surface area contributed by atoms with Crippen molar-refractivity contribution in [3.05, 3.63) is 23.5 Å². The van der Waals surface area contributed by atoms with Crippen molar-refractivity contribution in [2.45, 2.75) is 25.9 Å². The van der Waals surface area contributed by atoms with E-state index in [-0.39, 0.29) is 5.76 Å². The van der Waals surface area contributed by atoms with E-state index >= 15 is 0 Å². The van der Waals surface area contributed by atoms with Gasteiger partial charge in [-0.1, -0.05) is 0 Å². The summed E-state index contributed by atoms with van der Waals surface area (Å²) in [4.78, 5) is 21.8. The van der Waals surface area contributed by atoms with Gasteiger partial charge in [0.25, 0.3) is 0 Å². The molecule has 0 aliphatic heterocycles. The molecular formula is C10H12O4. The second kappa shape index (κ2) is 4.19. The quantitative estimate of drug-likeness (QED) is 0.514. The Morgan fingerprint density at radius 1 is 1.29 bits per heavy atom. The molecule has 0 saturated carbocycles. The average molecular weight is 196 g/mol. The predicted octanol–water partition coefficient (Wildman–Crippen LogP) is 0.667. The molecular weight excluding hydrogens is 184 g/mol. The second-order valence-corrected chi connectivity index (χ2v) is 3.32. The molecule has 0 amide bonds. The highest BCUT2D eigenvalue weighted by Gasteiger charge is 2.19. The number of hydrogen-bond acceptors (Lipinski definition) is 4. The molecule has 0 aromatic heterocycles. The van der Waals surface area contributed by atoms with Crippen molar-refractivity contribution < 1.29 is 19.8 Å². The van der Waals surface area contributed by atoms with Crippen LogP contribution in [-0.4, -0.2) is 27.9 Å². The Balaban J connectivity index is 2.70. The molecule has 14 heavy (non-hydrogen) atoms. The number of ketones is 2. The predicted molar refractivity (Wildman–Crippen MR) is 49.7 cm³/mol. The van der Waals surface area contributed by atoms with Crippen LogP contribution >= 0.6 is 0 Å². The van der Waals surface area contributed by atoms with Gasteiger partial charge in [-0.05, 0) is 31.4 Å². The molecule has 0 fully saturated rings. The first kappa shape index (κ1) is 10.7. The van der Waals surface area contributed by atoms with Crippen LogP contribution in [-0.2, 0) is 9.59 Å². The van der Waals surface area contributed by atoms with Gasteiger partial charge in [-0.3, -0.25) is 9.59 Å². The van der Waals surface area contributed by atoms with Crippen molar-refractivity contribution in [2.24, 2.45) is 0 Å². The van der Waals surface area contributed by atoms with E-state index in [1.807, 2.05) is 0 Å². The zero-order valence-corrected chi connectivity index (χ0v) is 7.86. The van der Waals surface area contributed by atoms with E-state index in [0.29, 0.717) is 18.4 Å². The van der Waals surface area contributed by atoms with Crippen LogP contribution in [0, 0.1) is 0 Å². The first-order valence-electron chi connectivity index (χ1n) is 4.38. The Labute approximate surface area is 81.6 Å². The topological polar surface area (TPSA) is 74.6 Å². The summed E-state index contributed by atoms with van der Waals surface area (Å²) < 4.78 is 0. The molecule has 0 bridgehead atoms. The van der Waals surface area contributed by atoms with Crippen LogP contribution in [0.15, 0.2) is 23.5 Å². The van der Waals surface area contributed by atoms with Crippen molar-refractivity contribution in [3.8, 4) is 0 Å². The maximum absolute atomic E-state index is 11.0. The molecule has 1 rings (SSSR count). The van der Waals surface area contributed by atoms with Gasteiger partial charge < -0.3 is 10.2 Å². The van der Waals surface area contributed by atoms with Crippen LogP contribution in [0.25, 0.3) is 0 Å². The number of hydrogen-bond donors (Lipinski definition) is 2. The first-order valence-corrected chi connectivity index (χ1v) is 4.38. The van der Waals surface area contributed by atoms with Gasteiger partial charge in [0.2, 0.25) is 11.6 Å². The Kier molecular flexibility index (Phi) is 3.19. The van der Waals surface area contributed by atoms with Crippen molar-refractivity contribution in [1.29, 1.82) is 0 Å². The molecule has 4 heteroatoms. The lowest BCUT2D eigenvalue weighted by Gasteiger charge is -2.10. The Bertz CT molecular complexity index is 323. The highest BCUT2D eigenvalue weighted by molar-refractivity contribution is 6.46. The summed E-state index contributed by atoms with van der Waals surface area (Å²) in [6.07, 6.45) is 2.39. The van der Waals surface area contributed by atoms with Gasteiger partial charge in [0.15, 0.2) is 0 Å². The van der Waals surface area contributed by atoms with Crippen molar-refractivity contribution in [2.75, 3.05) is 0 Å². The van der Waals surface area contributed by atoms with E-state index in [2.05, 4.69) is 0 Å². The number of aliphatic hydroxyl groups is 2. The number of rotatable bonds is 3. The van der Waals surface area contributed by atoms with E-state index in [9.17, 15) is 14.7 Å². The third kappa shape index (κ3) is 2.53. The molecule has 1 aliphatic carbocycles. The highest BCUT2D eigenvalue weighted by atomic mass is 16.3. The van der Waals surface area contributed by atoms with Crippen molar-refractivity contribution in [1.82, 2.24) is 0 Å². The molecule has 2 N–H and O–H groups in total. The monoisotopic (exact) mass is 196 g/mol. The SMILES string of the molecule is CC(O)CCC1=CC(=O)C(=O)C=C1O. The smallest absolute Gasteiger partial charge is 0.229 e. The summed E-state index contributed by atoms with van der Waals surface area (Å²) in [5, 5.41) is 18.3. The van der Waals surface area contributed by atoms with Gasteiger partial charge in [0.05, 0.1) is 6.10 Å². The number of allylic oxidation sites excluding steroid dienone is 3. The van der Waals surface area contributed by atoms with E-state index < -0.39 is 17.7 Å². The summed E-state index contributed by atoms with van der Waals surface area (Å²) in [7, 11) is 0. The fraction of sp³-hybridized carbons (Fsp3) is 0.400. The molecule has 0 saturated heterocycles. The minimum Gasteiger partial charge on any atom is -0.508 e. The molecule has 76 valence electrons. The normalized spacial score (nSPS) is 19.0. The zero-order chi connectivity index (χ0) is 10.7. The van der Waals surface area contributed by atoms with Gasteiger partial charge >= 0.3 is 0 Å². The molecule has 1 aliphatic rings. The molecule has 1 atom stereocenters. The largest absolute Gasteiger partial charge is 0.508 e. The fourth-order valence-corrected chi connectivity index (χ4v) is 1.16. The van der Waals surface area contributed by atoms with Gasteiger partial charge in [0, 0.05) is 6.08 Å². The molecule has 4 nitrogen and oxygen atoms in total. The minimum atomic E-state index is -0.705. The molecule has 0 aromatic carbocycles. The first-order chi connectivity index (χ1) is 6.50. The number of carbonyl (C=O) groups is 2.